The van der Waals surface area contributed by atoms with E-state index < -0.39 is 12.3 Å². The van der Waals surface area contributed by atoms with E-state index in [9.17, 15) is 4.39 Å². The third kappa shape index (κ3) is 2.41. The highest BCUT2D eigenvalue weighted by molar-refractivity contribution is 6.29. The third-order valence-corrected chi connectivity index (χ3v) is 3.04. The van der Waals surface area contributed by atoms with Gasteiger partial charge in [0.2, 0.25) is 0 Å². The highest BCUT2D eigenvalue weighted by Gasteiger charge is 2.34. The van der Waals surface area contributed by atoms with E-state index in [1.54, 1.807) is 6.20 Å². The molecule has 0 spiro atoms. The maximum Gasteiger partial charge on any atom is 0.149 e. The van der Waals surface area contributed by atoms with Gasteiger partial charge in [-0.15, -0.1) is 0 Å². The second-order valence-corrected chi connectivity index (χ2v) is 4.38. The van der Waals surface area contributed by atoms with Gasteiger partial charge in [0.1, 0.15) is 16.6 Å². The van der Waals surface area contributed by atoms with E-state index in [2.05, 4.69) is 9.97 Å². The minimum Gasteiger partial charge on any atom is -0.393 e. The summed E-state index contributed by atoms with van der Waals surface area (Å²) in [4.78, 5) is 9.97. The van der Waals surface area contributed by atoms with E-state index in [4.69, 9.17) is 16.7 Å². The molecule has 6 heteroatoms. The fraction of sp³-hybridized carbons (Fsp3) is 0.600. The summed E-state index contributed by atoms with van der Waals surface area (Å²) in [7, 11) is 0. The molecule has 0 unspecified atom stereocenters. The van der Waals surface area contributed by atoms with E-state index in [1.807, 2.05) is 4.90 Å². The lowest BCUT2D eigenvalue weighted by Crippen LogP contribution is -2.44. The van der Waals surface area contributed by atoms with Crippen LogP contribution in [0.25, 0.3) is 0 Å². The van der Waals surface area contributed by atoms with Crippen LogP contribution >= 0.6 is 11.6 Å². The molecule has 4 nitrogen and oxygen atoms in total. The smallest absolute Gasteiger partial charge is 0.149 e. The number of anilines is 1. The van der Waals surface area contributed by atoms with Gasteiger partial charge in [-0.2, -0.15) is 0 Å². The molecule has 2 heterocycles. The van der Waals surface area contributed by atoms with Crippen molar-refractivity contribution in [1.82, 2.24) is 9.97 Å². The monoisotopic (exact) mass is 245 g/mol. The van der Waals surface area contributed by atoms with Gasteiger partial charge in [-0.1, -0.05) is 11.6 Å². The Morgan fingerprint density at radius 1 is 1.44 bits per heavy atom. The van der Waals surface area contributed by atoms with Crippen molar-refractivity contribution in [3.63, 3.8) is 0 Å². The largest absolute Gasteiger partial charge is 0.393 e. The molecule has 0 bridgehead atoms. The Bertz CT molecular complexity index is 369. The lowest BCUT2D eigenvalue weighted by molar-refractivity contribution is 0.0480. The topological polar surface area (TPSA) is 49.2 Å². The molecule has 0 aromatic carbocycles. The lowest BCUT2D eigenvalue weighted by Gasteiger charge is -2.35. The first-order valence-electron chi connectivity index (χ1n) is 5.15. The van der Waals surface area contributed by atoms with Crippen molar-refractivity contribution in [2.45, 2.75) is 18.5 Å². The van der Waals surface area contributed by atoms with Gasteiger partial charge in [0.05, 0.1) is 19.0 Å². The summed E-state index contributed by atoms with van der Waals surface area (Å²) in [6.45, 7) is 0.625. The van der Waals surface area contributed by atoms with Crippen LogP contribution in [-0.4, -0.2) is 40.4 Å². The average Bonchev–Trinajstić information content (AvgIpc) is 2.30. The zero-order valence-electron chi connectivity index (χ0n) is 8.74. The van der Waals surface area contributed by atoms with Crippen LogP contribution in [0, 0.1) is 0 Å². The number of aliphatic hydroxyl groups is 1. The number of aromatic nitrogens is 2. The van der Waals surface area contributed by atoms with Crippen molar-refractivity contribution in [3.05, 3.63) is 17.5 Å². The van der Waals surface area contributed by atoms with Crippen LogP contribution in [0.5, 0.6) is 0 Å². The minimum atomic E-state index is -1.44. The Morgan fingerprint density at radius 3 is 2.69 bits per heavy atom. The van der Waals surface area contributed by atoms with Gasteiger partial charge < -0.3 is 10.0 Å². The zero-order chi connectivity index (χ0) is 11.6. The average molecular weight is 246 g/mol. The van der Waals surface area contributed by atoms with E-state index >= 15 is 0 Å². The van der Waals surface area contributed by atoms with Crippen molar-refractivity contribution in [3.8, 4) is 0 Å². The van der Waals surface area contributed by atoms with Crippen molar-refractivity contribution in [1.29, 1.82) is 0 Å². The number of halogens is 2. The lowest BCUT2D eigenvalue weighted by atomic mass is 9.94. The molecule has 0 radical (unpaired) electrons. The Hall–Kier alpha value is -0.940. The van der Waals surface area contributed by atoms with Gasteiger partial charge in [-0.25, -0.2) is 9.37 Å². The highest BCUT2D eigenvalue weighted by Crippen LogP contribution is 2.28. The molecule has 1 saturated heterocycles. The van der Waals surface area contributed by atoms with Crippen molar-refractivity contribution >= 4 is 17.4 Å². The summed E-state index contributed by atoms with van der Waals surface area (Å²) in [5.74, 6) is 0.660. The quantitative estimate of drug-likeness (QED) is 0.857. The van der Waals surface area contributed by atoms with E-state index in [0.29, 0.717) is 36.9 Å². The first-order chi connectivity index (χ1) is 7.63. The molecule has 1 aliphatic rings. The standard InChI is InChI=1S/C10H13ClFN3O/c11-8-5-13-6-9(14-8)15-3-1-10(12,7-16)2-4-15/h5-6,16H,1-4,7H2. The Labute approximate surface area is 98.1 Å². The van der Waals surface area contributed by atoms with Crippen LogP contribution in [-0.2, 0) is 0 Å². The minimum absolute atomic E-state index is 0.303. The molecule has 88 valence electrons. The first-order valence-corrected chi connectivity index (χ1v) is 5.53. The van der Waals surface area contributed by atoms with Crippen molar-refractivity contribution in [2.75, 3.05) is 24.6 Å². The maximum absolute atomic E-state index is 13.7. The number of rotatable bonds is 2. The van der Waals surface area contributed by atoms with Crippen LogP contribution in [0.3, 0.4) is 0 Å². The molecule has 0 amide bonds. The first kappa shape index (κ1) is 11.5. The normalized spacial score (nSPS) is 19.8. The van der Waals surface area contributed by atoms with Crippen LogP contribution in [0.4, 0.5) is 10.2 Å². The van der Waals surface area contributed by atoms with Crippen LogP contribution in [0.1, 0.15) is 12.8 Å². The van der Waals surface area contributed by atoms with Gasteiger partial charge in [0.15, 0.2) is 0 Å². The van der Waals surface area contributed by atoms with Gasteiger partial charge in [0.25, 0.3) is 0 Å². The molecule has 1 aromatic heterocycles. The van der Waals surface area contributed by atoms with Crippen molar-refractivity contribution in [2.24, 2.45) is 0 Å². The molecule has 0 saturated carbocycles. The molecular weight excluding hydrogens is 233 g/mol. The Kier molecular flexibility index (Phi) is 3.25. The SMILES string of the molecule is OCC1(F)CCN(c2cncc(Cl)n2)CC1. The predicted octanol–water partition coefficient (Wildman–Crippen LogP) is 1.43. The Balaban J connectivity index is 2.04. The molecule has 0 aliphatic carbocycles. The van der Waals surface area contributed by atoms with Gasteiger partial charge in [-0.3, -0.25) is 4.98 Å². The fourth-order valence-corrected chi connectivity index (χ4v) is 1.92. The van der Waals surface area contributed by atoms with E-state index in [0.717, 1.165) is 0 Å². The summed E-state index contributed by atoms with van der Waals surface area (Å²) in [6.07, 6.45) is 3.67. The summed E-state index contributed by atoms with van der Waals surface area (Å²) < 4.78 is 13.7. The van der Waals surface area contributed by atoms with E-state index in [-0.39, 0.29) is 0 Å². The number of aliphatic hydroxyl groups excluding tert-OH is 1. The molecule has 1 aliphatic heterocycles. The number of alkyl halides is 1. The van der Waals surface area contributed by atoms with E-state index in [1.165, 1.54) is 6.20 Å². The number of nitrogens with zero attached hydrogens (tertiary/aromatic N) is 3. The maximum atomic E-state index is 13.7. The van der Waals surface area contributed by atoms with Crippen LogP contribution in [0.2, 0.25) is 5.15 Å². The molecule has 1 aromatic rings. The van der Waals surface area contributed by atoms with Crippen molar-refractivity contribution < 1.29 is 9.50 Å². The second-order valence-electron chi connectivity index (χ2n) is 4.00. The summed E-state index contributed by atoms with van der Waals surface area (Å²) in [5, 5.41) is 9.24. The van der Waals surface area contributed by atoms with Gasteiger partial charge in [-0.05, 0) is 0 Å². The predicted molar refractivity (Wildman–Crippen MR) is 59.4 cm³/mol. The van der Waals surface area contributed by atoms with Gasteiger partial charge >= 0.3 is 0 Å². The summed E-state index contributed by atoms with van der Waals surface area (Å²) >= 11 is 5.73. The molecule has 1 N–H and O–H groups in total. The number of hydrogen-bond acceptors (Lipinski definition) is 4. The zero-order valence-corrected chi connectivity index (χ0v) is 9.49. The number of piperidine rings is 1. The Morgan fingerprint density at radius 2 is 2.12 bits per heavy atom. The van der Waals surface area contributed by atoms with Crippen LogP contribution < -0.4 is 4.90 Å². The van der Waals surface area contributed by atoms with Gasteiger partial charge in [0, 0.05) is 25.9 Å². The molecule has 0 atom stereocenters. The third-order valence-electron chi connectivity index (χ3n) is 2.86. The summed E-state index contributed by atoms with van der Waals surface area (Å²) in [5.41, 5.74) is -1.44. The van der Waals surface area contributed by atoms with Crippen LogP contribution in [0.15, 0.2) is 12.4 Å². The molecule has 2 rings (SSSR count). The second kappa shape index (κ2) is 4.51. The highest BCUT2D eigenvalue weighted by atomic mass is 35.5. The fourth-order valence-electron chi connectivity index (χ4n) is 1.78. The molecule has 16 heavy (non-hydrogen) atoms. The number of hydrogen-bond donors (Lipinski definition) is 1. The summed E-state index contributed by atoms with van der Waals surface area (Å²) in [6, 6.07) is 0. The molecule has 1 fully saturated rings. The molecular formula is C10H13ClFN3O.